The van der Waals surface area contributed by atoms with Crippen LogP contribution in [-0.2, 0) is 6.42 Å². The van der Waals surface area contributed by atoms with Gasteiger partial charge in [0.25, 0.3) is 5.91 Å². The number of fused-ring (bicyclic) bond motifs is 1. The number of nitrogens with one attached hydrogen (secondary N) is 1. The maximum Gasteiger partial charge on any atom is 0.255 e. The van der Waals surface area contributed by atoms with Crippen LogP contribution < -0.4 is 14.8 Å². The third kappa shape index (κ3) is 3.15. The highest BCUT2D eigenvalue weighted by Gasteiger charge is 2.13. The maximum absolute atomic E-state index is 12.3. The highest BCUT2D eigenvalue weighted by atomic mass is 16.5. The van der Waals surface area contributed by atoms with Crippen molar-refractivity contribution in [3.63, 3.8) is 0 Å². The van der Waals surface area contributed by atoms with Crippen molar-refractivity contribution in [3.05, 3.63) is 54.0 Å². The first kappa shape index (κ1) is 15.8. The van der Waals surface area contributed by atoms with E-state index in [2.05, 4.69) is 15.5 Å². The molecule has 124 valence electrons. The number of rotatable bonds is 6. The van der Waals surface area contributed by atoms with Crippen molar-refractivity contribution in [2.75, 3.05) is 20.8 Å². The molecule has 0 saturated heterocycles. The van der Waals surface area contributed by atoms with Gasteiger partial charge in [-0.1, -0.05) is 6.07 Å². The van der Waals surface area contributed by atoms with Crippen LogP contribution in [0.1, 0.15) is 16.2 Å². The third-order valence-corrected chi connectivity index (χ3v) is 3.67. The van der Waals surface area contributed by atoms with Crippen LogP contribution in [0.5, 0.6) is 11.5 Å². The van der Waals surface area contributed by atoms with E-state index < -0.39 is 0 Å². The van der Waals surface area contributed by atoms with Crippen LogP contribution in [0.2, 0.25) is 0 Å². The third-order valence-electron chi connectivity index (χ3n) is 3.67. The quantitative estimate of drug-likeness (QED) is 0.746. The number of ether oxygens (including phenoxy) is 2. The predicted molar refractivity (Wildman–Crippen MR) is 88.6 cm³/mol. The molecule has 7 heteroatoms. The van der Waals surface area contributed by atoms with Crippen molar-refractivity contribution in [2.45, 2.75) is 6.42 Å². The van der Waals surface area contributed by atoms with E-state index in [9.17, 15) is 4.79 Å². The summed E-state index contributed by atoms with van der Waals surface area (Å²) in [4.78, 5) is 12.3. The Kier molecular flexibility index (Phi) is 4.60. The number of nitrogens with zero attached hydrogens (tertiary/aromatic N) is 3. The summed E-state index contributed by atoms with van der Waals surface area (Å²) >= 11 is 0. The second kappa shape index (κ2) is 6.99. The van der Waals surface area contributed by atoms with Crippen molar-refractivity contribution in [1.82, 2.24) is 19.9 Å². The SMILES string of the molecule is COc1ccc(C(=O)NCCc2nnc3ccccn23)c(OC)c1. The van der Waals surface area contributed by atoms with Crippen molar-refractivity contribution in [3.8, 4) is 11.5 Å². The molecule has 0 bridgehead atoms. The number of carbonyl (C=O) groups is 1. The molecular formula is C17H18N4O3. The van der Waals surface area contributed by atoms with E-state index in [-0.39, 0.29) is 5.91 Å². The van der Waals surface area contributed by atoms with Crippen molar-refractivity contribution >= 4 is 11.6 Å². The molecule has 1 amide bonds. The number of pyridine rings is 1. The first-order valence-corrected chi connectivity index (χ1v) is 7.52. The topological polar surface area (TPSA) is 77.8 Å². The molecule has 0 unspecified atom stereocenters. The maximum atomic E-state index is 12.3. The first-order chi connectivity index (χ1) is 11.7. The standard InChI is InChI=1S/C17H18N4O3/c1-23-12-6-7-13(14(11-12)24-2)17(22)18-9-8-16-20-19-15-5-3-4-10-21(15)16/h3-7,10-11H,8-9H2,1-2H3,(H,18,22). The lowest BCUT2D eigenvalue weighted by atomic mass is 10.1. The van der Waals surface area contributed by atoms with Gasteiger partial charge >= 0.3 is 0 Å². The van der Waals surface area contributed by atoms with E-state index in [0.29, 0.717) is 30.0 Å². The Hall–Kier alpha value is -3.09. The minimum absolute atomic E-state index is 0.205. The minimum atomic E-state index is -0.205. The summed E-state index contributed by atoms with van der Waals surface area (Å²) in [7, 11) is 3.09. The zero-order chi connectivity index (χ0) is 16.9. The smallest absolute Gasteiger partial charge is 0.255 e. The Balaban J connectivity index is 1.65. The Morgan fingerprint density at radius 3 is 2.83 bits per heavy atom. The number of benzene rings is 1. The van der Waals surface area contributed by atoms with Crippen LogP contribution in [0.4, 0.5) is 0 Å². The van der Waals surface area contributed by atoms with Gasteiger partial charge in [-0.2, -0.15) is 0 Å². The summed E-state index contributed by atoms with van der Waals surface area (Å²) in [6.45, 7) is 0.448. The van der Waals surface area contributed by atoms with Crippen molar-refractivity contribution in [1.29, 1.82) is 0 Å². The Bertz CT molecular complexity index is 860. The van der Waals surface area contributed by atoms with Gasteiger partial charge < -0.3 is 14.8 Å². The normalized spacial score (nSPS) is 10.6. The van der Waals surface area contributed by atoms with Crippen LogP contribution in [0, 0.1) is 0 Å². The molecule has 0 aliphatic heterocycles. The number of carbonyl (C=O) groups excluding carboxylic acids is 1. The number of methoxy groups -OCH3 is 2. The van der Waals surface area contributed by atoms with E-state index in [1.807, 2.05) is 28.8 Å². The molecule has 3 rings (SSSR count). The molecule has 2 aromatic heterocycles. The summed E-state index contributed by atoms with van der Waals surface area (Å²) in [5.74, 6) is 1.70. The summed E-state index contributed by atoms with van der Waals surface area (Å²) in [6, 6.07) is 10.8. The van der Waals surface area contributed by atoms with Crippen LogP contribution >= 0.6 is 0 Å². The highest BCUT2D eigenvalue weighted by molar-refractivity contribution is 5.97. The highest BCUT2D eigenvalue weighted by Crippen LogP contribution is 2.24. The van der Waals surface area contributed by atoms with E-state index in [0.717, 1.165) is 11.5 Å². The van der Waals surface area contributed by atoms with Gasteiger partial charge in [0.15, 0.2) is 5.65 Å². The predicted octanol–water partition coefficient (Wildman–Crippen LogP) is 1.72. The van der Waals surface area contributed by atoms with Crippen molar-refractivity contribution < 1.29 is 14.3 Å². The lowest BCUT2D eigenvalue weighted by molar-refractivity contribution is 0.0951. The Morgan fingerprint density at radius 2 is 2.04 bits per heavy atom. The molecule has 0 aliphatic carbocycles. The zero-order valence-electron chi connectivity index (χ0n) is 13.5. The number of amides is 1. The lowest BCUT2D eigenvalue weighted by Crippen LogP contribution is -2.26. The second-order valence-corrected chi connectivity index (χ2v) is 5.12. The summed E-state index contributed by atoms with van der Waals surface area (Å²) < 4.78 is 12.3. The average molecular weight is 326 g/mol. The molecule has 1 aromatic carbocycles. The fraction of sp³-hybridized carbons (Fsp3) is 0.235. The van der Waals surface area contributed by atoms with Gasteiger partial charge in [-0.3, -0.25) is 9.20 Å². The average Bonchev–Trinajstić information content (AvgIpc) is 3.04. The molecule has 0 radical (unpaired) electrons. The van der Waals surface area contributed by atoms with Crippen molar-refractivity contribution in [2.24, 2.45) is 0 Å². The monoisotopic (exact) mass is 326 g/mol. The van der Waals surface area contributed by atoms with Gasteiger partial charge in [0.1, 0.15) is 17.3 Å². The molecular weight excluding hydrogens is 308 g/mol. The molecule has 0 atom stereocenters. The molecule has 7 nitrogen and oxygen atoms in total. The molecule has 2 heterocycles. The Morgan fingerprint density at radius 1 is 1.17 bits per heavy atom. The van der Waals surface area contributed by atoms with Gasteiger partial charge in [0.2, 0.25) is 0 Å². The summed E-state index contributed by atoms with van der Waals surface area (Å²) in [5, 5.41) is 11.1. The van der Waals surface area contributed by atoms with Gasteiger partial charge in [-0.25, -0.2) is 0 Å². The van der Waals surface area contributed by atoms with Crippen LogP contribution in [0.3, 0.4) is 0 Å². The largest absolute Gasteiger partial charge is 0.497 e. The van der Waals surface area contributed by atoms with E-state index in [1.54, 1.807) is 25.3 Å². The van der Waals surface area contributed by atoms with Gasteiger partial charge in [-0.05, 0) is 24.3 Å². The number of hydrogen-bond acceptors (Lipinski definition) is 5. The van der Waals surface area contributed by atoms with Crippen LogP contribution in [0.15, 0.2) is 42.6 Å². The molecule has 0 spiro atoms. The molecule has 0 aliphatic rings. The van der Waals surface area contributed by atoms with Gasteiger partial charge in [0.05, 0.1) is 19.8 Å². The van der Waals surface area contributed by atoms with E-state index >= 15 is 0 Å². The second-order valence-electron chi connectivity index (χ2n) is 5.12. The lowest BCUT2D eigenvalue weighted by Gasteiger charge is -2.10. The molecule has 24 heavy (non-hydrogen) atoms. The van der Waals surface area contributed by atoms with Gasteiger partial charge in [-0.15, -0.1) is 10.2 Å². The molecule has 0 fully saturated rings. The van der Waals surface area contributed by atoms with Gasteiger partial charge in [0, 0.05) is 25.2 Å². The summed E-state index contributed by atoms with van der Waals surface area (Å²) in [5.41, 5.74) is 1.25. The van der Waals surface area contributed by atoms with Crippen LogP contribution in [-0.4, -0.2) is 41.3 Å². The summed E-state index contributed by atoms with van der Waals surface area (Å²) in [6.07, 6.45) is 2.48. The van der Waals surface area contributed by atoms with E-state index in [4.69, 9.17) is 9.47 Å². The fourth-order valence-electron chi connectivity index (χ4n) is 2.43. The number of hydrogen-bond donors (Lipinski definition) is 1. The van der Waals surface area contributed by atoms with E-state index in [1.165, 1.54) is 7.11 Å². The number of aromatic nitrogens is 3. The molecule has 3 aromatic rings. The van der Waals surface area contributed by atoms with Crippen LogP contribution in [0.25, 0.3) is 5.65 Å². The zero-order valence-corrected chi connectivity index (χ0v) is 13.5. The Labute approximate surface area is 139 Å². The molecule has 0 saturated carbocycles. The molecule has 1 N–H and O–H groups in total. The first-order valence-electron chi connectivity index (χ1n) is 7.52. The fourth-order valence-corrected chi connectivity index (χ4v) is 2.43. The minimum Gasteiger partial charge on any atom is -0.497 e.